The predicted octanol–water partition coefficient (Wildman–Crippen LogP) is 1.69. The molecule has 0 amide bonds. The van der Waals surface area contributed by atoms with E-state index >= 15 is 0 Å². The molecule has 1 fully saturated rings. The summed E-state index contributed by atoms with van der Waals surface area (Å²) >= 11 is 0. The van der Waals surface area contributed by atoms with E-state index < -0.39 is 10.0 Å². The molecule has 1 aromatic heterocycles. The van der Waals surface area contributed by atoms with Crippen LogP contribution in [0.2, 0.25) is 0 Å². The summed E-state index contributed by atoms with van der Waals surface area (Å²) in [5.74, 6) is 1.16. The zero-order chi connectivity index (χ0) is 15.5. The van der Waals surface area contributed by atoms with Crippen LogP contribution in [0.1, 0.15) is 37.6 Å². The Hall–Kier alpha value is -0.920. The molecule has 0 aliphatic carbocycles. The lowest BCUT2D eigenvalue weighted by Gasteiger charge is -2.30. The first kappa shape index (κ1) is 16.5. The molecule has 1 aromatic rings. The zero-order valence-electron chi connectivity index (χ0n) is 13.1. The van der Waals surface area contributed by atoms with Crippen molar-refractivity contribution in [2.45, 2.75) is 44.9 Å². The molecule has 2 heterocycles. The molecule has 1 saturated heterocycles. The molecular weight excluding hydrogens is 290 g/mol. The Morgan fingerprint density at radius 3 is 2.57 bits per heavy atom. The second-order valence-electron chi connectivity index (χ2n) is 5.93. The van der Waals surface area contributed by atoms with Crippen molar-refractivity contribution < 1.29 is 12.9 Å². The molecule has 1 N–H and O–H groups in total. The van der Waals surface area contributed by atoms with E-state index in [0.29, 0.717) is 18.0 Å². The van der Waals surface area contributed by atoms with E-state index in [1.54, 1.807) is 13.8 Å². The number of nitrogens with one attached hydrogen (secondary N) is 1. The van der Waals surface area contributed by atoms with Crippen molar-refractivity contribution in [1.82, 2.24) is 14.8 Å². The summed E-state index contributed by atoms with van der Waals surface area (Å²) in [4.78, 5) is 2.58. The highest BCUT2D eigenvalue weighted by Crippen LogP contribution is 2.18. The van der Waals surface area contributed by atoms with Gasteiger partial charge in [-0.15, -0.1) is 0 Å². The lowest BCUT2D eigenvalue weighted by atomic mass is 9.99. The van der Waals surface area contributed by atoms with E-state index in [0.717, 1.165) is 32.0 Å². The molecule has 0 unspecified atom stereocenters. The fourth-order valence-corrected chi connectivity index (χ4v) is 4.12. The number of nitrogens with zero attached hydrogens (tertiary/aromatic N) is 2. The summed E-state index contributed by atoms with van der Waals surface area (Å²) in [6.45, 7) is 9.17. The van der Waals surface area contributed by atoms with Crippen molar-refractivity contribution in [1.29, 1.82) is 0 Å². The van der Waals surface area contributed by atoms with Gasteiger partial charge in [0.15, 0.2) is 5.76 Å². The van der Waals surface area contributed by atoms with Crippen LogP contribution >= 0.6 is 0 Å². The molecule has 2 rings (SSSR count). The number of rotatable bonds is 6. The molecule has 0 atom stereocenters. The number of hydrogen-bond donors (Lipinski definition) is 1. The maximum absolute atomic E-state index is 12.2. The first-order chi connectivity index (χ1) is 9.90. The predicted molar refractivity (Wildman–Crippen MR) is 80.6 cm³/mol. The smallest absolute Gasteiger partial charge is 0.245 e. The second-order valence-corrected chi connectivity index (χ2v) is 7.63. The van der Waals surface area contributed by atoms with Crippen LogP contribution < -0.4 is 4.72 Å². The molecule has 0 radical (unpaired) electrons. The number of aromatic nitrogens is 1. The van der Waals surface area contributed by atoms with Gasteiger partial charge in [0.25, 0.3) is 0 Å². The maximum atomic E-state index is 12.2. The third kappa shape index (κ3) is 4.28. The minimum atomic E-state index is -3.51. The van der Waals surface area contributed by atoms with Crippen molar-refractivity contribution in [3.05, 3.63) is 11.5 Å². The van der Waals surface area contributed by atoms with Gasteiger partial charge in [0.2, 0.25) is 10.0 Å². The van der Waals surface area contributed by atoms with E-state index in [4.69, 9.17) is 4.52 Å². The summed E-state index contributed by atoms with van der Waals surface area (Å²) in [6.07, 6.45) is 3.30. The zero-order valence-corrected chi connectivity index (χ0v) is 13.9. The van der Waals surface area contributed by atoms with Gasteiger partial charge in [-0.25, -0.2) is 13.1 Å². The van der Waals surface area contributed by atoms with Crippen molar-refractivity contribution in [3.8, 4) is 0 Å². The third-order valence-corrected chi connectivity index (χ3v) is 5.76. The Labute approximate surface area is 126 Å². The van der Waals surface area contributed by atoms with Crippen LogP contribution in [-0.2, 0) is 10.0 Å². The summed E-state index contributed by atoms with van der Waals surface area (Å²) in [7, 11) is -3.51. The Kier molecular flexibility index (Phi) is 5.40. The minimum Gasteiger partial charge on any atom is -0.360 e. The van der Waals surface area contributed by atoms with Crippen molar-refractivity contribution in [3.63, 3.8) is 0 Å². The number of piperidine rings is 1. The monoisotopic (exact) mass is 315 g/mol. The number of likely N-dealkylation sites (tertiary alicyclic amines) is 1. The van der Waals surface area contributed by atoms with Crippen molar-refractivity contribution in [2.24, 2.45) is 5.92 Å². The lowest BCUT2D eigenvalue weighted by Crippen LogP contribution is -2.35. The molecule has 120 valence electrons. The number of hydrogen-bond acceptors (Lipinski definition) is 5. The van der Waals surface area contributed by atoms with Gasteiger partial charge in [-0.05, 0) is 58.7 Å². The van der Waals surface area contributed by atoms with E-state index in [-0.39, 0.29) is 4.90 Å². The van der Waals surface area contributed by atoms with E-state index in [9.17, 15) is 8.42 Å². The van der Waals surface area contributed by atoms with Crippen LogP contribution in [0.4, 0.5) is 0 Å². The molecule has 21 heavy (non-hydrogen) atoms. The average Bonchev–Trinajstić information content (AvgIpc) is 2.77. The molecular formula is C14H25N3O3S. The molecule has 7 heteroatoms. The number of aryl methyl sites for hydroxylation is 2. The van der Waals surface area contributed by atoms with Crippen LogP contribution in [-0.4, -0.2) is 44.7 Å². The Morgan fingerprint density at radius 2 is 2.00 bits per heavy atom. The largest absolute Gasteiger partial charge is 0.360 e. The highest BCUT2D eigenvalue weighted by Gasteiger charge is 2.23. The normalized spacial score (nSPS) is 18.2. The Bertz CT molecular complexity index is 541. The highest BCUT2D eigenvalue weighted by molar-refractivity contribution is 7.89. The van der Waals surface area contributed by atoms with Gasteiger partial charge in [-0.2, -0.15) is 0 Å². The summed E-state index contributed by atoms with van der Waals surface area (Å²) in [5.41, 5.74) is 0.407. The molecule has 6 nitrogen and oxygen atoms in total. The van der Waals surface area contributed by atoms with Gasteiger partial charge >= 0.3 is 0 Å². The molecule has 0 spiro atoms. The van der Waals surface area contributed by atoms with Crippen LogP contribution in [0, 0.1) is 19.8 Å². The number of sulfonamides is 1. The fourth-order valence-electron chi connectivity index (χ4n) is 2.73. The maximum Gasteiger partial charge on any atom is 0.245 e. The van der Waals surface area contributed by atoms with E-state index in [1.807, 2.05) is 0 Å². The van der Waals surface area contributed by atoms with Crippen LogP contribution in [0.25, 0.3) is 0 Å². The summed E-state index contributed by atoms with van der Waals surface area (Å²) < 4.78 is 32.0. The van der Waals surface area contributed by atoms with Gasteiger partial charge in [0, 0.05) is 6.54 Å². The first-order valence-electron chi connectivity index (χ1n) is 7.55. The fraction of sp³-hybridized carbons (Fsp3) is 0.786. The van der Waals surface area contributed by atoms with E-state index in [2.05, 4.69) is 21.7 Å². The van der Waals surface area contributed by atoms with Gasteiger partial charge in [0.05, 0.1) is 0 Å². The van der Waals surface area contributed by atoms with Gasteiger partial charge < -0.3 is 9.42 Å². The molecule has 1 aliphatic heterocycles. The Morgan fingerprint density at radius 1 is 1.33 bits per heavy atom. The molecule has 1 aliphatic rings. The summed E-state index contributed by atoms with van der Waals surface area (Å²) in [6, 6.07) is 0. The molecule has 0 aromatic carbocycles. The van der Waals surface area contributed by atoms with E-state index in [1.165, 1.54) is 12.8 Å². The standard InChI is InChI=1S/C14H25N3O3S/c1-11-5-9-17(10-6-11)8-4-7-15-21(18,19)14-12(2)16-20-13(14)3/h11,15H,4-10H2,1-3H3. The van der Waals surface area contributed by atoms with Crippen molar-refractivity contribution in [2.75, 3.05) is 26.2 Å². The third-order valence-electron chi connectivity index (χ3n) is 4.06. The van der Waals surface area contributed by atoms with Crippen LogP contribution in [0.5, 0.6) is 0 Å². The lowest BCUT2D eigenvalue weighted by molar-refractivity contribution is 0.191. The molecule has 0 bridgehead atoms. The second kappa shape index (κ2) is 6.89. The Balaban J connectivity index is 1.78. The molecule has 0 saturated carbocycles. The van der Waals surface area contributed by atoms with Gasteiger partial charge in [-0.3, -0.25) is 0 Å². The van der Waals surface area contributed by atoms with Crippen LogP contribution in [0.3, 0.4) is 0 Å². The average molecular weight is 315 g/mol. The van der Waals surface area contributed by atoms with Gasteiger partial charge in [0.1, 0.15) is 10.6 Å². The van der Waals surface area contributed by atoms with Crippen molar-refractivity contribution >= 4 is 10.0 Å². The topological polar surface area (TPSA) is 75.4 Å². The SMILES string of the molecule is Cc1noc(C)c1S(=O)(=O)NCCCN1CCC(C)CC1. The highest BCUT2D eigenvalue weighted by atomic mass is 32.2. The first-order valence-corrected chi connectivity index (χ1v) is 9.03. The van der Waals surface area contributed by atoms with Crippen LogP contribution in [0.15, 0.2) is 9.42 Å². The minimum absolute atomic E-state index is 0.175. The van der Waals surface area contributed by atoms with Gasteiger partial charge in [-0.1, -0.05) is 12.1 Å². The summed E-state index contributed by atoms with van der Waals surface area (Å²) in [5, 5.41) is 3.69. The quantitative estimate of drug-likeness (QED) is 0.809.